The normalized spacial score (nSPS) is 12.0. The van der Waals surface area contributed by atoms with Crippen LogP contribution in [0.2, 0.25) is 0 Å². The van der Waals surface area contributed by atoms with E-state index in [2.05, 4.69) is 15.3 Å². The maximum Gasteiger partial charge on any atom is 0.243 e. The maximum absolute atomic E-state index is 13.8. The van der Waals surface area contributed by atoms with Crippen LogP contribution in [-0.2, 0) is 14.4 Å². The minimum absolute atomic E-state index is 0.0176. The van der Waals surface area contributed by atoms with Gasteiger partial charge in [-0.15, -0.1) is 0 Å². The summed E-state index contributed by atoms with van der Waals surface area (Å²) in [6.45, 7) is 3.38. The number of hydrogen-bond donors (Lipinski definition) is 2. The Bertz CT molecular complexity index is 1790. The third kappa shape index (κ3) is 9.80. The molecule has 11 heteroatoms. The lowest BCUT2D eigenvalue weighted by molar-refractivity contribution is -0.143. The van der Waals surface area contributed by atoms with Gasteiger partial charge in [-0.25, -0.2) is 4.98 Å². The van der Waals surface area contributed by atoms with Crippen molar-refractivity contribution in [1.82, 2.24) is 30.1 Å². The predicted octanol–water partition coefficient (Wildman–Crippen LogP) is 4.84. The van der Waals surface area contributed by atoms with Crippen LogP contribution in [0.4, 0.5) is 0 Å². The Labute approximate surface area is 292 Å². The molecule has 5 aromatic rings. The molecule has 2 atom stereocenters. The molecule has 0 radical (unpaired) electrons. The van der Waals surface area contributed by atoms with Crippen molar-refractivity contribution >= 4 is 17.7 Å². The van der Waals surface area contributed by atoms with Gasteiger partial charge >= 0.3 is 0 Å². The van der Waals surface area contributed by atoms with Crippen molar-refractivity contribution in [2.24, 2.45) is 5.73 Å². The van der Waals surface area contributed by atoms with Crippen LogP contribution in [-0.4, -0.2) is 75.3 Å². The number of rotatable bonds is 16. The number of carbonyl (C=O) groups is 3. The molecule has 3 N–H and O–H groups in total. The molecule has 256 valence electrons. The number of pyridine rings is 3. The molecule has 3 amide bonds. The van der Waals surface area contributed by atoms with Gasteiger partial charge in [0.2, 0.25) is 17.7 Å². The molecule has 5 rings (SSSR count). The highest BCUT2D eigenvalue weighted by Gasteiger charge is 2.27. The average molecular weight is 672 g/mol. The Balaban J connectivity index is 1.36. The molecule has 0 aliphatic rings. The standard InChI is InChI=1S/C39H41N7O4/c1-28(30-13-5-3-6-14-30)43-25-38(48)45(27-39(49)46(26-37(40)47)29(2)31-15-7-4-8-16-31)21-22-50-32-23-35(33-17-9-11-19-41-33)44-36(24-32)34-18-10-12-20-42-34/h3-20,23-24,28-29,43H,21-22,25-27H2,1-2H3,(H2,40,47)/t28-,29-/m0/s1. The molecule has 50 heavy (non-hydrogen) atoms. The number of ether oxygens (including phenoxy) is 1. The second-order valence-electron chi connectivity index (χ2n) is 11.8. The number of benzene rings is 2. The monoisotopic (exact) mass is 671 g/mol. The Hall–Kier alpha value is -5.94. The Morgan fingerprint density at radius 2 is 1.28 bits per heavy atom. The fourth-order valence-electron chi connectivity index (χ4n) is 5.43. The number of nitrogens with two attached hydrogens (primary N) is 1. The highest BCUT2D eigenvalue weighted by Crippen LogP contribution is 2.27. The molecule has 0 unspecified atom stereocenters. The van der Waals surface area contributed by atoms with Crippen LogP contribution in [0.3, 0.4) is 0 Å². The second-order valence-corrected chi connectivity index (χ2v) is 11.8. The van der Waals surface area contributed by atoms with Crippen molar-refractivity contribution in [2.45, 2.75) is 25.9 Å². The van der Waals surface area contributed by atoms with Gasteiger partial charge in [-0.1, -0.05) is 72.8 Å². The van der Waals surface area contributed by atoms with Crippen LogP contribution in [0.15, 0.2) is 122 Å². The zero-order valence-electron chi connectivity index (χ0n) is 28.2. The maximum atomic E-state index is 13.8. The summed E-state index contributed by atoms with van der Waals surface area (Å²) in [6.07, 6.45) is 3.39. The van der Waals surface area contributed by atoms with Gasteiger partial charge in [0.25, 0.3) is 0 Å². The van der Waals surface area contributed by atoms with Crippen molar-refractivity contribution in [3.05, 3.63) is 133 Å². The summed E-state index contributed by atoms with van der Waals surface area (Å²) in [5.41, 5.74) is 9.97. The summed E-state index contributed by atoms with van der Waals surface area (Å²) >= 11 is 0. The molecular formula is C39H41N7O4. The molecule has 0 fully saturated rings. The van der Waals surface area contributed by atoms with E-state index < -0.39 is 17.9 Å². The van der Waals surface area contributed by atoms with Crippen molar-refractivity contribution in [2.75, 3.05) is 32.8 Å². The molecule has 0 aliphatic carbocycles. The van der Waals surface area contributed by atoms with Crippen LogP contribution >= 0.6 is 0 Å². The summed E-state index contributed by atoms with van der Waals surface area (Å²) in [6, 6.07) is 33.3. The van der Waals surface area contributed by atoms with E-state index in [0.29, 0.717) is 28.5 Å². The largest absolute Gasteiger partial charge is 0.492 e. The van der Waals surface area contributed by atoms with Gasteiger partial charge < -0.3 is 25.6 Å². The first-order chi connectivity index (χ1) is 24.3. The molecule has 2 aromatic carbocycles. The van der Waals surface area contributed by atoms with Crippen molar-refractivity contribution in [1.29, 1.82) is 0 Å². The second kappa shape index (κ2) is 17.5. The summed E-state index contributed by atoms with van der Waals surface area (Å²) < 4.78 is 6.22. The van der Waals surface area contributed by atoms with Gasteiger partial charge in [-0.05, 0) is 49.2 Å². The Morgan fingerprint density at radius 1 is 0.720 bits per heavy atom. The molecule has 3 heterocycles. The van der Waals surface area contributed by atoms with Crippen LogP contribution in [0.25, 0.3) is 22.8 Å². The van der Waals surface area contributed by atoms with Gasteiger partial charge in [-0.3, -0.25) is 24.4 Å². The van der Waals surface area contributed by atoms with Crippen LogP contribution in [0.1, 0.15) is 37.1 Å². The average Bonchev–Trinajstić information content (AvgIpc) is 3.16. The molecule has 3 aromatic heterocycles. The summed E-state index contributed by atoms with van der Waals surface area (Å²) in [7, 11) is 0. The number of hydrogen-bond acceptors (Lipinski definition) is 8. The number of aromatic nitrogens is 3. The predicted molar refractivity (Wildman–Crippen MR) is 191 cm³/mol. The van der Waals surface area contributed by atoms with E-state index in [1.807, 2.05) is 111 Å². The van der Waals surface area contributed by atoms with Crippen LogP contribution in [0.5, 0.6) is 5.75 Å². The fraction of sp³-hybridized carbons (Fsp3) is 0.231. The molecule has 0 saturated carbocycles. The molecule has 0 aliphatic heterocycles. The van der Waals surface area contributed by atoms with E-state index in [1.54, 1.807) is 24.5 Å². The molecule has 0 spiro atoms. The van der Waals surface area contributed by atoms with Gasteiger partial charge in [-0.2, -0.15) is 0 Å². The van der Waals surface area contributed by atoms with E-state index in [0.717, 1.165) is 11.1 Å². The highest BCUT2D eigenvalue weighted by atomic mass is 16.5. The van der Waals surface area contributed by atoms with Crippen LogP contribution < -0.4 is 15.8 Å². The van der Waals surface area contributed by atoms with E-state index in [1.165, 1.54) is 9.80 Å². The van der Waals surface area contributed by atoms with E-state index in [9.17, 15) is 14.4 Å². The quantitative estimate of drug-likeness (QED) is 0.152. The smallest absolute Gasteiger partial charge is 0.243 e. The highest BCUT2D eigenvalue weighted by molar-refractivity contribution is 5.88. The van der Waals surface area contributed by atoms with Crippen molar-refractivity contribution in [3.8, 4) is 28.5 Å². The first-order valence-electron chi connectivity index (χ1n) is 16.4. The lowest BCUT2D eigenvalue weighted by Crippen LogP contribution is -2.49. The lowest BCUT2D eigenvalue weighted by atomic mass is 10.1. The number of primary amides is 1. The van der Waals surface area contributed by atoms with Gasteiger partial charge in [0.15, 0.2) is 0 Å². The minimum Gasteiger partial charge on any atom is -0.492 e. The Morgan fingerprint density at radius 3 is 1.82 bits per heavy atom. The number of nitrogens with one attached hydrogen (secondary N) is 1. The van der Waals surface area contributed by atoms with E-state index in [-0.39, 0.29) is 44.7 Å². The van der Waals surface area contributed by atoms with Crippen molar-refractivity contribution in [3.63, 3.8) is 0 Å². The van der Waals surface area contributed by atoms with Crippen molar-refractivity contribution < 1.29 is 19.1 Å². The van der Waals surface area contributed by atoms with Gasteiger partial charge in [0, 0.05) is 30.6 Å². The zero-order chi connectivity index (χ0) is 35.3. The third-order valence-electron chi connectivity index (χ3n) is 8.22. The summed E-state index contributed by atoms with van der Waals surface area (Å²) in [4.78, 5) is 56.2. The molecule has 0 saturated heterocycles. The lowest BCUT2D eigenvalue weighted by Gasteiger charge is -2.31. The number of nitrogens with zero attached hydrogens (tertiary/aromatic N) is 5. The molecular weight excluding hydrogens is 630 g/mol. The SMILES string of the molecule is C[C@H](NCC(=O)N(CCOc1cc(-c2ccccn2)nc(-c2ccccn2)c1)CC(=O)N(CC(N)=O)[C@@H](C)c1ccccc1)c1ccccc1. The first-order valence-corrected chi connectivity index (χ1v) is 16.4. The minimum atomic E-state index is -0.647. The topological polar surface area (TPSA) is 144 Å². The third-order valence-corrected chi connectivity index (χ3v) is 8.22. The first kappa shape index (κ1) is 35.4. The Kier molecular flexibility index (Phi) is 12.3. The van der Waals surface area contributed by atoms with E-state index in [4.69, 9.17) is 15.5 Å². The zero-order valence-corrected chi connectivity index (χ0v) is 28.2. The van der Waals surface area contributed by atoms with Crippen LogP contribution in [0, 0.1) is 0 Å². The summed E-state index contributed by atoms with van der Waals surface area (Å²) in [5, 5.41) is 3.27. The van der Waals surface area contributed by atoms with Gasteiger partial charge in [0.05, 0.1) is 55.0 Å². The fourth-order valence-corrected chi connectivity index (χ4v) is 5.43. The number of carbonyl (C=O) groups excluding carboxylic acids is 3. The molecule has 11 nitrogen and oxygen atoms in total. The number of amides is 3. The van der Waals surface area contributed by atoms with E-state index >= 15 is 0 Å². The summed E-state index contributed by atoms with van der Waals surface area (Å²) in [5.74, 6) is -0.854. The van der Waals surface area contributed by atoms with Gasteiger partial charge in [0.1, 0.15) is 12.4 Å². The molecule has 0 bridgehead atoms.